The van der Waals surface area contributed by atoms with Crippen LogP contribution in [-0.2, 0) is 17.9 Å². The molecule has 2 amide bonds. The fourth-order valence-electron chi connectivity index (χ4n) is 3.04. The molecule has 3 heterocycles. The van der Waals surface area contributed by atoms with Crippen molar-refractivity contribution in [2.24, 2.45) is 0 Å². The van der Waals surface area contributed by atoms with Crippen LogP contribution >= 0.6 is 0 Å². The number of hydrogen-bond donors (Lipinski definition) is 2. The Hall–Kier alpha value is -2.74. The first-order chi connectivity index (χ1) is 12.7. The molecule has 0 aromatic carbocycles. The molecule has 1 fully saturated rings. The van der Waals surface area contributed by atoms with Gasteiger partial charge in [0.15, 0.2) is 0 Å². The van der Waals surface area contributed by atoms with Crippen molar-refractivity contribution in [3.8, 4) is 0 Å². The summed E-state index contributed by atoms with van der Waals surface area (Å²) in [6.45, 7) is 4.73. The highest BCUT2D eigenvalue weighted by Gasteiger charge is 2.33. The Kier molecular flexibility index (Phi) is 5.96. The number of carbonyl (C=O) groups excluding carboxylic acids is 2. The average molecular weight is 356 g/mol. The number of piperazine rings is 1. The van der Waals surface area contributed by atoms with Crippen LogP contribution in [0.3, 0.4) is 0 Å². The van der Waals surface area contributed by atoms with Gasteiger partial charge in [0.05, 0.1) is 0 Å². The third kappa shape index (κ3) is 4.08. The monoisotopic (exact) mass is 356 g/mol. The summed E-state index contributed by atoms with van der Waals surface area (Å²) >= 11 is 0. The molecule has 8 heteroatoms. The zero-order chi connectivity index (χ0) is 18.4. The number of rotatable bonds is 6. The van der Waals surface area contributed by atoms with Crippen LogP contribution in [0.15, 0.2) is 36.8 Å². The maximum absolute atomic E-state index is 13.0. The third-order valence-electron chi connectivity index (χ3n) is 4.39. The molecule has 0 spiro atoms. The van der Waals surface area contributed by atoms with E-state index in [-0.39, 0.29) is 11.8 Å². The zero-order valence-electron chi connectivity index (χ0n) is 14.9. The molecular formula is C18H24N6O2. The largest absolute Gasteiger partial charge is 0.350 e. The third-order valence-corrected chi connectivity index (χ3v) is 4.39. The highest BCUT2D eigenvalue weighted by Crippen LogP contribution is 2.12. The van der Waals surface area contributed by atoms with Gasteiger partial charge >= 0.3 is 0 Å². The van der Waals surface area contributed by atoms with Gasteiger partial charge in [-0.25, -0.2) is 0 Å². The minimum atomic E-state index is -0.539. The van der Waals surface area contributed by atoms with Crippen LogP contribution in [-0.4, -0.2) is 57.2 Å². The lowest BCUT2D eigenvalue weighted by Gasteiger charge is -2.35. The van der Waals surface area contributed by atoms with Crippen molar-refractivity contribution >= 4 is 11.8 Å². The van der Waals surface area contributed by atoms with Crippen LogP contribution in [0.25, 0.3) is 0 Å². The Morgan fingerprint density at radius 2 is 2.08 bits per heavy atom. The van der Waals surface area contributed by atoms with Crippen molar-refractivity contribution in [1.29, 1.82) is 0 Å². The van der Waals surface area contributed by atoms with Crippen LogP contribution in [0.4, 0.5) is 0 Å². The summed E-state index contributed by atoms with van der Waals surface area (Å²) in [6, 6.07) is 4.88. The molecule has 2 N–H and O–H groups in total. The number of aromatic nitrogens is 3. The summed E-state index contributed by atoms with van der Waals surface area (Å²) in [5.41, 5.74) is 1.50. The molecule has 1 atom stereocenters. The second-order valence-electron chi connectivity index (χ2n) is 6.23. The van der Waals surface area contributed by atoms with Crippen LogP contribution in [0.1, 0.15) is 29.4 Å². The second-order valence-corrected chi connectivity index (χ2v) is 6.23. The first kappa shape index (κ1) is 18.1. The van der Waals surface area contributed by atoms with Gasteiger partial charge in [0.25, 0.3) is 5.91 Å². The molecule has 1 aliphatic rings. The number of pyridine rings is 1. The van der Waals surface area contributed by atoms with Gasteiger partial charge in [-0.2, -0.15) is 5.10 Å². The van der Waals surface area contributed by atoms with Gasteiger partial charge < -0.3 is 15.5 Å². The molecule has 1 saturated heterocycles. The summed E-state index contributed by atoms with van der Waals surface area (Å²) in [5.74, 6) is -0.314. The van der Waals surface area contributed by atoms with Gasteiger partial charge in [0.2, 0.25) is 5.91 Å². The number of hydrogen-bond acceptors (Lipinski definition) is 5. The van der Waals surface area contributed by atoms with Gasteiger partial charge in [-0.05, 0) is 30.2 Å². The van der Waals surface area contributed by atoms with Gasteiger partial charge in [0.1, 0.15) is 11.7 Å². The van der Waals surface area contributed by atoms with Crippen molar-refractivity contribution < 1.29 is 9.59 Å². The lowest BCUT2D eigenvalue weighted by atomic mass is 10.1. The van der Waals surface area contributed by atoms with Crippen LogP contribution in [0.2, 0.25) is 0 Å². The second kappa shape index (κ2) is 8.57. The Morgan fingerprint density at radius 1 is 1.27 bits per heavy atom. The molecule has 2 aromatic heterocycles. The van der Waals surface area contributed by atoms with E-state index >= 15 is 0 Å². The minimum Gasteiger partial charge on any atom is -0.350 e. The fourth-order valence-corrected chi connectivity index (χ4v) is 3.04. The van der Waals surface area contributed by atoms with E-state index in [9.17, 15) is 9.59 Å². The lowest BCUT2D eigenvalue weighted by Crippen LogP contribution is -2.59. The van der Waals surface area contributed by atoms with Crippen molar-refractivity contribution in [1.82, 2.24) is 30.3 Å². The van der Waals surface area contributed by atoms with Gasteiger partial charge in [-0.3, -0.25) is 19.3 Å². The number of aryl methyl sites for hydroxylation is 1. The van der Waals surface area contributed by atoms with E-state index < -0.39 is 6.04 Å². The van der Waals surface area contributed by atoms with Crippen LogP contribution in [0.5, 0.6) is 0 Å². The quantitative estimate of drug-likeness (QED) is 0.783. The van der Waals surface area contributed by atoms with Gasteiger partial charge in [-0.1, -0.05) is 6.92 Å². The topological polar surface area (TPSA) is 92.2 Å². The molecular weight excluding hydrogens is 332 g/mol. The van der Waals surface area contributed by atoms with E-state index in [1.54, 1.807) is 34.2 Å². The van der Waals surface area contributed by atoms with Gasteiger partial charge in [0, 0.05) is 51.3 Å². The minimum absolute atomic E-state index is 0.151. The fraction of sp³-hybridized carbons (Fsp3) is 0.444. The number of nitrogens with one attached hydrogen (secondary N) is 2. The number of amides is 2. The molecule has 138 valence electrons. The molecule has 2 aromatic rings. The van der Waals surface area contributed by atoms with E-state index in [2.05, 4.69) is 20.7 Å². The Bertz CT molecular complexity index is 745. The van der Waals surface area contributed by atoms with Crippen molar-refractivity contribution in [2.75, 3.05) is 19.6 Å². The first-order valence-corrected chi connectivity index (χ1v) is 8.90. The molecule has 0 unspecified atom stereocenters. The van der Waals surface area contributed by atoms with E-state index in [1.165, 1.54) is 0 Å². The van der Waals surface area contributed by atoms with E-state index in [0.29, 0.717) is 38.4 Å². The van der Waals surface area contributed by atoms with E-state index in [1.807, 2.05) is 19.1 Å². The normalized spacial score (nSPS) is 17.1. The van der Waals surface area contributed by atoms with E-state index in [4.69, 9.17) is 0 Å². The Balaban J connectivity index is 1.69. The maximum atomic E-state index is 13.0. The summed E-state index contributed by atoms with van der Waals surface area (Å²) in [7, 11) is 0. The van der Waals surface area contributed by atoms with Crippen molar-refractivity contribution in [2.45, 2.75) is 32.5 Å². The molecule has 0 saturated carbocycles. The molecule has 0 aliphatic carbocycles. The molecule has 0 bridgehead atoms. The Morgan fingerprint density at radius 3 is 2.85 bits per heavy atom. The lowest BCUT2D eigenvalue weighted by molar-refractivity contribution is -0.126. The molecule has 3 rings (SSSR count). The number of carbonyl (C=O) groups is 2. The molecule has 8 nitrogen and oxygen atoms in total. The predicted molar refractivity (Wildman–Crippen MR) is 96.3 cm³/mol. The molecule has 0 radical (unpaired) electrons. The van der Waals surface area contributed by atoms with Crippen LogP contribution < -0.4 is 10.6 Å². The maximum Gasteiger partial charge on any atom is 0.272 e. The van der Waals surface area contributed by atoms with Crippen molar-refractivity contribution in [3.05, 3.63) is 48.0 Å². The van der Waals surface area contributed by atoms with E-state index in [0.717, 1.165) is 12.0 Å². The predicted octanol–water partition coefficient (Wildman–Crippen LogP) is 0.419. The first-order valence-electron chi connectivity index (χ1n) is 8.90. The molecule has 1 aliphatic heterocycles. The highest BCUT2D eigenvalue weighted by atomic mass is 16.2. The summed E-state index contributed by atoms with van der Waals surface area (Å²) in [4.78, 5) is 31.3. The smallest absolute Gasteiger partial charge is 0.272 e. The van der Waals surface area contributed by atoms with Crippen LogP contribution in [0, 0.1) is 0 Å². The highest BCUT2D eigenvalue weighted by molar-refractivity contribution is 5.96. The summed E-state index contributed by atoms with van der Waals surface area (Å²) in [6.07, 6.45) is 5.89. The SMILES string of the molecule is CCCn1nccc1C(=O)N1CCNC[C@H]1C(=O)NCc1ccncc1. The van der Waals surface area contributed by atoms with Gasteiger partial charge in [-0.15, -0.1) is 0 Å². The Labute approximate surface area is 152 Å². The molecule has 26 heavy (non-hydrogen) atoms. The summed E-state index contributed by atoms with van der Waals surface area (Å²) in [5, 5.41) is 10.3. The standard InChI is InChI=1S/C18H24N6O2/c1-2-10-24-15(5-8-22-24)18(26)23-11-9-20-13-16(23)17(25)21-12-14-3-6-19-7-4-14/h3-8,16,20H,2,9-13H2,1H3,(H,21,25)/t16-/m0/s1. The summed E-state index contributed by atoms with van der Waals surface area (Å²) < 4.78 is 1.70. The average Bonchev–Trinajstić information content (AvgIpc) is 3.15. The number of nitrogens with zero attached hydrogens (tertiary/aromatic N) is 4. The van der Waals surface area contributed by atoms with Crippen molar-refractivity contribution in [3.63, 3.8) is 0 Å². The zero-order valence-corrected chi connectivity index (χ0v) is 14.9.